The first kappa shape index (κ1) is 14.0. The highest BCUT2D eigenvalue weighted by Gasteiger charge is 2.16. The maximum Gasteiger partial charge on any atom is 0.258 e. The molecule has 1 aromatic carbocycles. The average Bonchev–Trinajstić information content (AvgIpc) is 2.39. The molecule has 2 aromatic rings. The van der Waals surface area contributed by atoms with Gasteiger partial charge in [0.1, 0.15) is 0 Å². The molecular weight excluding hydrogens is 328 g/mol. The number of benzene rings is 1. The van der Waals surface area contributed by atoms with Gasteiger partial charge in [-0.1, -0.05) is 27.5 Å². The molecule has 0 unspecified atom stereocenters. The lowest BCUT2D eigenvalue weighted by molar-refractivity contribution is 0.0988. The van der Waals surface area contributed by atoms with Crippen molar-refractivity contribution in [2.75, 3.05) is 11.4 Å². The smallest absolute Gasteiger partial charge is 0.258 e. The number of carbonyl (C=O) groups excluding carboxylic acids is 1. The van der Waals surface area contributed by atoms with Gasteiger partial charge in [-0.2, -0.15) is 0 Å². The fourth-order valence-electron chi connectivity index (χ4n) is 1.80. The van der Waals surface area contributed by atoms with Crippen LogP contribution in [0, 0.1) is 0 Å². The van der Waals surface area contributed by atoms with E-state index in [1.54, 1.807) is 47.6 Å². The zero-order valence-corrected chi connectivity index (χ0v) is 12.6. The largest absolute Gasteiger partial charge is 0.309 e. The summed E-state index contributed by atoms with van der Waals surface area (Å²) in [6, 6.07) is 8.79. The van der Waals surface area contributed by atoms with Crippen molar-refractivity contribution < 1.29 is 4.79 Å². The highest BCUT2D eigenvalue weighted by Crippen LogP contribution is 2.22. The van der Waals surface area contributed by atoms with Crippen LogP contribution in [0.5, 0.6) is 0 Å². The Morgan fingerprint density at radius 2 is 2.00 bits per heavy atom. The Bertz CT molecular complexity index is 569. The summed E-state index contributed by atoms with van der Waals surface area (Å²) in [5.74, 6) is -0.0862. The van der Waals surface area contributed by atoms with E-state index in [4.69, 9.17) is 11.6 Å². The Hall–Kier alpha value is -1.39. The number of hydrogen-bond donors (Lipinski definition) is 0. The van der Waals surface area contributed by atoms with Gasteiger partial charge in [-0.05, 0) is 37.3 Å². The molecule has 0 aliphatic heterocycles. The zero-order chi connectivity index (χ0) is 13.8. The topological polar surface area (TPSA) is 33.2 Å². The maximum absolute atomic E-state index is 12.5. The third-order valence-electron chi connectivity index (χ3n) is 2.65. The van der Waals surface area contributed by atoms with Crippen molar-refractivity contribution >= 4 is 39.1 Å². The molecule has 0 aliphatic carbocycles. The first-order valence-electron chi connectivity index (χ1n) is 5.80. The van der Waals surface area contributed by atoms with E-state index in [9.17, 15) is 4.79 Å². The van der Waals surface area contributed by atoms with Gasteiger partial charge in [-0.3, -0.25) is 9.78 Å². The standard InChI is InChI=1S/C14H12BrClN2O/c1-2-18(13-3-5-17-6-4-13)14(19)10-7-11(15)9-12(16)8-10/h3-9H,2H2,1H3. The van der Waals surface area contributed by atoms with Crippen LogP contribution in [0.3, 0.4) is 0 Å². The van der Waals surface area contributed by atoms with E-state index in [0.717, 1.165) is 10.2 Å². The van der Waals surface area contributed by atoms with Gasteiger partial charge in [0.15, 0.2) is 0 Å². The molecule has 0 fully saturated rings. The molecule has 5 heteroatoms. The van der Waals surface area contributed by atoms with Crippen molar-refractivity contribution in [2.24, 2.45) is 0 Å². The predicted octanol–water partition coefficient (Wildman–Crippen LogP) is 4.16. The Labute approximate surface area is 125 Å². The van der Waals surface area contributed by atoms with E-state index in [1.807, 2.05) is 6.92 Å². The fourth-order valence-corrected chi connectivity index (χ4v) is 2.66. The quantitative estimate of drug-likeness (QED) is 0.841. The number of aromatic nitrogens is 1. The summed E-state index contributed by atoms with van der Waals surface area (Å²) in [6.07, 6.45) is 3.33. The van der Waals surface area contributed by atoms with Crippen LogP contribution in [-0.2, 0) is 0 Å². The second-order valence-corrected chi connectivity index (χ2v) is 5.27. The number of anilines is 1. The number of nitrogens with zero attached hydrogens (tertiary/aromatic N) is 2. The third-order valence-corrected chi connectivity index (χ3v) is 3.32. The van der Waals surface area contributed by atoms with Gasteiger partial charge in [0.25, 0.3) is 5.91 Å². The molecule has 0 radical (unpaired) electrons. The second-order valence-electron chi connectivity index (χ2n) is 3.91. The van der Waals surface area contributed by atoms with E-state index in [2.05, 4.69) is 20.9 Å². The summed E-state index contributed by atoms with van der Waals surface area (Å²) < 4.78 is 0.786. The van der Waals surface area contributed by atoms with E-state index >= 15 is 0 Å². The van der Waals surface area contributed by atoms with Gasteiger partial charge in [0, 0.05) is 39.7 Å². The van der Waals surface area contributed by atoms with Crippen LogP contribution in [0.1, 0.15) is 17.3 Å². The number of hydrogen-bond acceptors (Lipinski definition) is 2. The Kier molecular flexibility index (Phi) is 4.56. The van der Waals surface area contributed by atoms with E-state index in [0.29, 0.717) is 17.1 Å². The first-order valence-corrected chi connectivity index (χ1v) is 6.97. The van der Waals surface area contributed by atoms with Gasteiger partial charge in [-0.15, -0.1) is 0 Å². The third kappa shape index (κ3) is 3.33. The van der Waals surface area contributed by atoms with E-state index < -0.39 is 0 Å². The number of halogens is 2. The molecule has 3 nitrogen and oxygen atoms in total. The molecule has 0 saturated carbocycles. The normalized spacial score (nSPS) is 10.3. The molecule has 2 rings (SSSR count). The Morgan fingerprint density at radius 1 is 1.32 bits per heavy atom. The SMILES string of the molecule is CCN(C(=O)c1cc(Cl)cc(Br)c1)c1ccncc1. The van der Waals surface area contributed by atoms with Crippen molar-refractivity contribution in [1.29, 1.82) is 0 Å². The molecule has 0 N–H and O–H groups in total. The lowest BCUT2D eigenvalue weighted by Crippen LogP contribution is -2.30. The summed E-state index contributed by atoms with van der Waals surface area (Å²) in [6.45, 7) is 2.50. The Morgan fingerprint density at radius 3 is 2.58 bits per heavy atom. The highest BCUT2D eigenvalue weighted by molar-refractivity contribution is 9.10. The van der Waals surface area contributed by atoms with Gasteiger partial charge in [0.05, 0.1) is 0 Å². The average molecular weight is 340 g/mol. The van der Waals surface area contributed by atoms with Gasteiger partial charge >= 0.3 is 0 Å². The van der Waals surface area contributed by atoms with Crippen molar-refractivity contribution in [2.45, 2.75) is 6.92 Å². The summed E-state index contributed by atoms with van der Waals surface area (Å²) in [7, 11) is 0. The number of amides is 1. The molecule has 0 saturated heterocycles. The van der Waals surface area contributed by atoms with Gasteiger partial charge in [-0.25, -0.2) is 0 Å². The minimum absolute atomic E-state index is 0.0862. The van der Waals surface area contributed by atoms with Crippen LogP contribution < -0.4 is 4.90 Å². The lowest BCUT2D eigenvalue weighted by atomic mass is 10.2. The molecule has 0 spiro atoms. The van der Waals surface area contributed by atoms with Crippen LogP contribution in [0.25, 0.3) is 0 Å². The predicted molar refractivity (Wildman–Crippen MR) is 80.7 cm³/mol. The van der Waals surface area contributed by atoms with Crippen molar-refractivity contribution in [1.82, 2.24) is 4.98 Å². The number of carbonyl (C=O) groups is 1. The number of rotatable bonds is 3. The lowest BCUT2D eigenvalue weighted by Gasteiger charge is -2.21. The van der Waals surface area contributed by atoms with Crippen LogP contribution in [0.15, 0.2) is 47.2 Å². The molecular formula is C14H12BrClN2O. The Balaban J connectivity index is 2.36. The van der Waals surface area contributed by atoms with E-state index in [1.165, 1.54) is 0 Å². The second kappa shape index (κ2) is 6.17. The molecule has 19 heavy (non-hydrogen) atoms. The number of pyridine rings is 1. The molecule has 0 aliphatic rings. The summed E-state index contributed by atoms with van der Waals surface area (Å²) in [5, 5.41) is 0.531. The van der Waals surface area contributed by atoms with Crippen LogP contribution in [-0.4, -0.2) is 17.4 Å². The van der Waals surface area contributed by atoms with Crippen LogP contribution >= 0.6 is 27.5 Å². The van der Waals surface area contributed by atoms with E-state index in [-0.39, 0.29) is 5.91 Å². The summed E-state index contributed by atoms with van der Waals surface area (Å²) in [5.41, 5.74) is 1.37. The first-order chi connectivity index (χ1) is 9.11. The maximum atomic E-state index is 12.5. The molecule has 1 heterocycles. The van der Waals surface area contributed by atoms with Crippen molar-refractivity contribution in [3.63, 3.8) is 0 Å². The fraction of sp³-hybridized carbons (Fsp3) is 0.143. The van der Waals surface area contributed by atoms with Gasteiger partial charge < -0.3 is 4.90 Å². The minimum atomic E-state index is -0.0862. The molecule has 1 aromatic heterocycles. The summed E-state index contributed by atoms with van der Waals surface area (Å²) in [4.78, 5) is 18.1. The monoisotopic (exact) mass is 338 g/mol. The zero-order valence-electron chi connectivity index (χ0n) is 10.3. The van der Waals surface area contributed by atoms with Crippen LogP contribution in [0.4, 0.5) is 5.69 Å². The minimum Gasteiger partial charge on any atom is -0.309 e. The molecule has 98 valence electrons. The highest BCUT2D eigenvalue weighted by atomic mass is 79.9. The molecule has 0 atom stereocenters. The van der Waals surface area contributed by atoms with Crippen LogP contribution in [0.2, 0.25) is 5.02 Å². The summed E-state index contributed by atoms with van der Waals surface area (Å²) >= 11 is 9.32. The molecule has 1 amide bonds. The van der Waals surface area contributed by atoms with Crippen molar-refractivity contribution in [3.8, 4) is 0 Å². The van der Waals surface area contributed by atoms with Crippen molar-refractivity contribution in [3.05, 3.63) is 57.8 Å². The van der Waals surface area contributed by atoms with Gasteiger partial charge in [0.2, 0.25) is 0 Å². The molecule has 0 bridgehead atoms.